The van der Waals surface area contributed by atoms with Gasteiger partial charge >= 0.3 is 0 Å². The highest BCUT2D eigenvalue weighted by molar-refractivity contribution is 5.85. The Labute approximate surface area is 142 Å². The third kappa shape index (κ3) is 3.41. The van der Waals surface area contributed by atoms with Crippen molar-refractivity contribution < 1.29 is 4.52 Å². The quantitative estimate of drug-likeness (QED) is 0.901. The van der Waals surface area contributed by atoms with Gasteiger partial charge in [-0.05, 0) is 34.7 Å². The number of rotatable bonds is 2. The lowest BCUT2D eigenvalue weighted by Crippen LogP contribution is -2.44. The van der Waals surface area contributed by atoms with Crippen molar-refractivity contribution in [2.24, 2.45) is 0 Å². The fourth-order valence-electron chi connectivity index (χ4n) is 2.87. The van der Waals surface area contributed by atoms with Gasteiger partial charge in [0.2, 0.25) is 0 Å². The van der Waals surface area contributed by atoms with Gasteiger partial charge < -0.3 is 9.84 Å². The predicted molar refractivity (Wildman–Crippen MR) is 90.7 cm³/mol. The fourth-order valence-corrected chi connectivity index (χ4v) is 2.87. The number of nitrogens with one attached hydrogen (secondary N) is 1. The van der Waals surface area contributed by atoms with Crippen molar-refractivity contribution in [3.8, 4) is 11.5 Å². The summed E-state index contributed by atoms with van der Waals surface area (Å²) >= 11 is 0. The maximum atomic E-state index is 5.49. The van der Waals surface area contributed by atoms with Crippen LogP contribution in [0.5, 0.6) is 0 Å². The van der Waals surface area contributed by atoms with Gasteiger partial charge in [-0.15, -0.1) is 12.4 Å². The Kier molecular flexibility index (Phi) is 5.13. The van der Waals surface area contributed by atoms with Crippen LogP contribution in [-0.4, -0.2) is 51.5 Å². The zero-order valence-corrected chi connectivity index (χ0v) is 15.1. The predicted octanol–water partition coefficient (Wildman–Crippen LogP) is 1.99. The molecule has 1 aliphatic heterocycles. The summed E-state index contributed by atoms with van der Waals surface area (Å²) in [5, 5.41) is 12.0. The third-order valence-corrected chi connectivity index (χ3v) is 4.13. The summed E-state index contributed by atoms with van der Waals surface area (Å²) < 4.78 is 7.48. The summed E-state index contributed by atoms with van der Waals surface area (Å²) in [5.41, 5.74) is 1.87. The zero-order chi connectivity index (χ0) is 15.9. The molecule has 1 N–H and O–H groups in total. The van der Waals surface area contributed by atoms with Crippen LogP contribution in [0.1, 0.15) is 38.3 Å². The first kappa shape index (κ1) is 17.9. The second kappa shape index (κ2) is 6.59. The van der Waals surface area contributed by atoms with Crippen LogP contribution in [0.15, 0.2) is 10.7 Å². The molecule has 2 aromatic heterocycles. The Balaban J connectivity index is 0.00000192. The van der Waals surface area contributed by atoms with Crippen LogP contribution in [0.25, 0.3) is 11.5 Å². The van der Waals surface area contributed by atoms with E-state index in [2.05, 4.69) is 53.3 Å². The molecule has 1 saturated heterocycles. The van der Waals surface area contributed by atoms with Crippen molar-refractivity contribution in [3.63, 3.8) is 0 Å². The largest absolute Gasteiger partial charge is 0.334 e. The van der Waals surface area contributed by atoms with Crippen LogP contribution in [0, 0.1) is 6.92 Å². The summed E-state index contributed by atoms with van der Waals surface area (Å²) in [6.45, 7) is 11.2. The van der Waals surface area contributed by atoms with E-state index in [4.69, 9.17) is 4.52 Å². The second-order valence-electron chi connectivity index (χ2n) is 6.88. The highest BCUT2D eigenvalue weighted by atomic mass is 35.5. The number of hydrogen-bond donors (Lipinski definition) is 1. The van der Waals surface area contributed by atoms with E-state index < -0.39 is 0 Å². The van der Waals surface area contributed by atoms with Gasteiger partial charge in [-0.1, -0.05) is 5.16 Å². The van der Waals surface area contributed by atoms with E-state index in [0.717, 1.165) is 36.7 Å². The van der Waals surface area contributed by atoms with Crippen LogP contribution in [0.4, 0.5) is 0 Å². The average molecular weight is 341 g/mol. The maximum absolute atomic E-state index is 5.49. The van der Waals surface area contributed by atoms with Gasteiger partial charge in [0.05, 0.1) is 23.3 Å². The van der Waals surface area contributed by atoms with E-state index in [9.17, 15) is 0 Å². The molecule has 1 aliphatic rings. The lowest BCUT2D eigenvalue weighted by atomic mass is 10.1. The van der Waals surface area contributed by atoms with E-state index >= 15 is 0 Å². The molecule has 0 saturated carbocycles. The Morgan fingerprint density at radius 3 is 2.70 bits per heavy atom. The minimum Gasteiger partial charge on any atom is -0.334 e. The van der Waals surface area contributed by atoms with Crippen molar-refractivity contribution >= 4 is 12.4 Å². The SMILES string of the molecule is Cc1c(-c2nc(C3CNCCN3C)no2)cnn1C(C)(C)C.Cl. The van der Waals surface area contributed by atoms with Gasteiger partial charge in [-0.2, -0.15) is 10.1 Å². The molecule has 2 aromatic rings. The topological polar surface area (TPSA) is 72.0 Å². The smallest absolute Gasteiger partial charge is 0.261 e. The fraction of sp³-hybridized carbons (Fsp3) is 0.667. The van der Waals surface area contributed by atoms with E-state index in [0.29, 0.717) is 5.89 Å². The van der Waals surface area contributed by atoms with Gasteiger partial charge in [0.1, 0.15) is 0 Å². The number of aromatic nitrogens is 4. The van der Waals surface area contributed by atoms with Crippen molar-refractivity contribution in [1.82, 2.24) is 30.1 Å². The van der Waals surface area contributed by atoms with E-state index in [-0.39, 0.29) is 24.0 Å². The van der Waals surface area contributed by atoms with E-state index in [1.165, 1.54) is 0 Å². The second-order valence-corrected chi connectivity index (χ2v) is 6.88. The number of halogens is 1. The molecule has 128 valence electrons. The summed E-state index contributed by atoms with van der Waals surface area (Å²) in [6, 6.07) is 0.157. The molecule has 3 heterocycles. The number of hydrogen-bond acceptors (Lipinski definition) is 6. The number of piperazine rings is 1. The first-order valence-electron chi connectivity index (χ1n) is 7.68. The van der Waals surface area contributed by atoms with Crippen LogP contribution < -0.4 is 5.32 Å². The molecule has 0 radical (unpaired) electrons. The molecule has 0 spiro atoms. The Morgan fingerprint density at radius 2 is 2.09 bits per heavy atom. The van der Waals surface area contributed by atoms with E-state index in [1.54, 1.807) is 6.20 Å². The molecule has 8 heteroatoms. The molecule has 0 aromatic carbocycles. The number of likely N-dealkylation sites (N-methyl/N-ethyl adjacent to an activating group) is 1. The summed E-state index contributed by atoms with van der Waals surface area (Å²) in [5.74, 6) is 1.27. The standard InChI is InChI=1S/C15H24N6O.ClH/c1-10-11(8-17-21(10)15(2,3)4)14-18-13(19-22-14)12-9-16-6-7-20(12)5;/h8,12,16H,6-7,9H2,1-5H3;1H. The van der Waals surface area contributed by atoms with E-state index in [1.807, 2.05) is 11.6 Å². The third-order valence-electron chi connectivity index (χ3n) is 4.13. The monoisotopic (exact) mass is 340 g/mol. The average Bonchev–Trinajstić information content (AvgIpc) is 3.04. The molecular formula is C15H25ClN6O. The molecule has 0 aliphatic carbocycles. The molecule has 23 heavy (non-hydrogen) atoms. The molecule has 7 nitrogen and oxygen atoms in total. The van der Waals surface area contributed by atoms with Gasteiger partial charge in [0, 0.05) is 25.3 Å². The molecular weight excluding hydrogens is 316 g/mol. The van der Waals surface area contributed by atoms with Gasteiger partial charge in [0.25, 0.3) is 5.89 Å². The molecule has 3 rings (SSSR count). The Morgan fingerprint density at radius 1 is 1.35 bits per heavy atom. The Hall–Kier alpha value is -1.44. The molecule has 0 amide bonds. The molecule has 0 bridgehead atoms. The highest BCUT2D eigenvalue weighted by Gasteiger charge is 2.27. The van der Waals surface area contributed by atoms with Crippen LogP contribution >= 0.6 is 12.4 Å². The normalized spacial score (nSPS) is 19.6. The maximum Gasteiger partial charge on any atom is 0.261 e. The summed E-state index contributed by atoms with van der Waals surface area (Å²) in [7, 11) is 2.09. The highest BCUT2D eigenvalue weighted by Crippen LogP contribution is 2.27. The minimum atomic E-state index is -0.0707. The number of nitrogens with zero attached hydrogens (tertiary/aromatic N) is 5. The molecule has 1 fully saturated rings. The lowest BCUT2D eigenvalue weighted by Gasteiger charge is -2.30. The van der Waals surface area contributed by atoms with Gasteiger partial charge in [0.15, 0.2) is 5.82 Å². The first-order valence-corrected chi connectivity index (χ1v) is 7.68. The minimum absolute atomic E-state index is 0. The van der Waals surface area contributed by atoms with Crippen LogP contribution in [-0.2, 0) is 5.54 Å². The van der Waals surface area contributed by atoms with Crippen molar-refractivity contribution in [2.45, 2.75) is 39.3 Å². The van der Waals surface area contributed by atoms with Crippen LogP contribution in [0.2, 0.25) is 0 Å². The summed E-state index contributed by atoms with van der Waals surface area (Å²) in [6.07, 6.45) is 1.81. The van der Waals surface area contributed by atoms with Crippen molar-refractivity contribution in [3.05, 3.63) is 17.7 Å². The zero-order valence-electron chi connectivity index (χ0n) is 14.3. The van der Waals surface area contributed by atoms with Gasteiger partial charge in [-0.3, -0.25) is 9.58 Å². The summed E-state index contributed by atoms with van der Waals surface area (Å²) in [4.78, 5) is 6.84. The first-order chi connectivity index (χ1) is 10.4. The van der Waals surface area contributed by atoms with Gasteiger partial charge in [-0.25, -0.2) is 0 Å². The lowest BCUT2D eigenvalue weighted by molar-refractivity contribution is 0.190. The Bertz CT molecular complexity index is 659. The molecule has 1 unspecified atom stereocenters. The van der Waals surface area contributed by atoms with Crippen molar-refractivity contribution in [2.75, 3.05) is 26.7 Å². The van der Waals surface area contributed by atoms with Crippen molar-refractivity contribution in [1.29, 1.82) is 0 Å². The molecule has 1 atom stereocenters. The van der Waals surface area contributed by atoms with Crippen LogP contribution in [0.3, 0.4) is 0 Å².